The minimum Gasteiger partial charge on any atom is -0.347 e. The molecule has 0 saturated carbocycles. The SMILES string of the molecule is O=C(NCc1ccc(F)cc1)c1csc(-c2ccccn2)n1. The summed E-state index contributed by atoms with van der Waals surface area (Å²) in [7, 11) is 0. The number of aromatic nitrogens is 2. The summed E-state index contributed by atoms with van der Waals surface area (Å²) in [6, 6.07) is 11.5. The molecule has 0 spiro atoms. The summed E-state index contributed by atoms with van der Waals surface area (Å²) in [5, 5.41) is 5.16. The van der Waals surface area contributed by atoms with Gasteiger partial charge in [0.15, 0.2) is 0 Å². The molecular weight excluding hydrogens is 301 g/mol. The zero-order chi connectivity index (χ0) is 15.4. The largest absolute Gasteiger partial charge is 0.347 e. The van der Waals surface area contributed by atoms with E-state index in [1.54, 1.807) is 23.7 Å². The van der Waals surface area contributed by atoms with Crippen molar-refractivity contribution in [2.75, 3.05) is 0 Å². The molecule has 0 aliphatic heterocycles. The second kappa shape index (κ2) is 6.44. The Kier molecular flexibility index (Phi) is 4.20. The van der Waals surface area contributed by atoms with E-state index in [0.29, 0.717) is 17.2 Å². The van der Waals surface area contributed by atoms with Crippen LogP contribution in [0.5, 0.6) is 0 Å². The van der Waals surface area contributed by atoms with Crippen LogP contribution in [0.25, 0.3) is 10.7 Å². The van der Waals surface area contributed by atoms with Gasteiger partial charge in [-0.05, 0) is 29.8 Å². The molecule has 3 aromatic rings. The van der Waals surface area contributed by atoms with E-state index in [9.17, 15) is 9.18 Å². The van der Waals surface area contributed by atoms with Crippen molar-refractivity contribution in [3.05, 3.63) is 71.1 Å². The van der Waals surface area contributed by atoms with Gasteiger partial charge in [-0.1, -0.05) is 18.2 Å². The molecule has 1 N–H and O–H groups in total. The smallest absolute Gasteiger partial charge is 0.271 e. The number of carbonyl (C=O) groups excluding carboxylic acids is 1. The molecule has 22 heavy (non-hydrogen) atoms. The van der Waals surface area contributed by atoms with Crippen molar-refractivity contribution < 1.29 is 9.18 Å². The zero-order valence-electron chi connectivity index (χ0n) is 11.5. The number of hydrogen-bond donors (Lipinski definition) is 1. The molecule has 0 fully saturated rings. The number of rotatable bonds is 4. The summed E-state index contributed by atoms with van der Waals surface area (Å²) in [6.07, 6.45) is 1.69. The van der Waals surface area contributed by atoms with Crippen molar-refractivity contribution in [3.8, 4) is 10.7 Å². The van der Waals surface area contributed by atoms with Crippen LogP contribution in [0.15, 0.2) is 54.0 Å². The molecule has 0 radical (unpaired) electrons. The van der Waals surface area contributed by atoms with E-state index in [1.165, 1.54) is 23.5 Å². The van der Waals surface area contributed by atoms with Gasteiger partial charge in [-0.15, -0.1) is 11.3 Å². The molecule has 0 saturated heterocycles. The third-order valence-electron chi connectivity index (χ3n) is 2.99. The molecule has 3 rings (SSSR count). The van der Waals surface area contributed by atoms with E-state index in [2.05, 4.69) is 15.3 Å². The number of benzene rings is 1. The molecule has 4 nitrogen and oxygen atoms in total. The molecule has 0 atom stereocenters. The fourth-order valence-corrected chi connectivity index (χ4v) is 2.64. The summed E-state index contributed by atoms with van der Waals surface area (Å²) >= 11 is 1.37. The van der Waals surface area contributed by atoms with Crippen molar-refractivity contribution in [1.29, 1.82) is 0 Å². The number of amides is 1. The summed E-state index contributed by atoms with van der Waals surface area (Å²) in [4.78, 5) is 20.6. The number of carbonyl (C=O) groups is 1. The molecule has 0 bridgehead atoms. The van der Waals surface area contributed by atoms with Crippen LogP contribution >= 0.6 is 11.3 Å². The first-order chi connectivity index (χ1) is 10.7. The normalized spacial score (nSPS) is 10.4. The Hall–Kier alpha value is -2.60. The molecule has 0 aliphatic carbocycles. The highest BCUT2D eigenvalue weighted by atomic mass is 32.1. The van der Waals surface area contributed by atoms with Crippen molar-refractivity contribution >= 4 is 17.2 Å². The van der Waals surface area contributed by atoms with Crippen LogP contribution in [0, 0.1) is 5.82 Å². The average molecular weight is 313 g/mol. The lowest BCUT2D eigenvalue weighted by molar-refractivity contribution is 0.0946. The molecule has 6 heteroatoms. The van der Waals surface area contributed by atoms with Crippen LogP contribution in [-0.4, -0.2) is 15.9 Å². The van der Waals surface area contributed by atoms with Gasteiger partial charge >= 0.3 is 0 Å². The average Bonchev–Trinajstić information content (AvgIpc) is 3.05. The predicted octanol–water partition coefficient (Wildman–Crippen LogP) is 3.27. The Balaban J connectivity index is 1.66. The van der Waals surface area contributed by atoms with E-state index in [0.717, 1.165) is 11.3 Å². The van der Waals surface area contributed by atoms with Crippen molar-refractivity contribution in [2.45, 2.75) is 6.54 Å². The summed E-state index contributed by atoms with van der Waals surface area (Å²) in [6.45, 7) is 0.329. The van der Waals surface area contributed by atoms with Crippen LogP contribution in [0.4, 0.5) is 4.39 Å². The zero-order valence-corrected chi connectivity index (χ0v) is 12.3. The summed E-state index contributed by atoms with van der Waals surface area (Å²) in [5.74, 6) is -0.558. The highest BCUT2D eigenvalue weighted by molar-refractivity contribution is 7.13. The third kappa shape index (κ3) is 3.35. The quantitative estimate of drug-likeness (QED) is 0.804. The first-order valence-electron chi connectivity index (χ1n) is 6.62. The number of nitrogens with zero attached hydrogens (tertiary/aromatic N) is 2. The van der Waals surface area contributed by atoms with Gasteiger partial charge in [0.2, 0.25) is 0 Å². The van der Waals surface area contributed by atoms with Crippen LogP contribution in [-0.2, 0) is 6.54 Å². The van der Waals surface area contributed by atoms with Crippen molar-refractivity contribution in [2.24, 2.45) is 0 Å². The Bertz CT molecular complexity index is 772. The lowest BCUT2D eigenvalue weighted by Gasteiger charge is -2.03. The maximum atomic E-state index is 12.8. The Morgan fingerprint density at radius 3 is 2.73 bits per heavy atom. The number of thiazole rings is 1. The topological polar surface area (TPSA) is 54.9 Å². The van der Waals surface area contributed by atoms with Gasteiger partial charge < -0.3 is 5.32 Å². The fourth-order valence-electron chi connectivity index (χ4n) is 1.86. The molecule has 1 amide bonds. The molecule has 2 aromatic heterocycles. The number of nitrogens with one attached hydrogen (secondary N) is 1. The maximum absolute atomic E-state index is 12.8. The lowest BCUT2D eigenvalue weighted by Crippen LogP contribution is -2.23. The van der Waals surface area contributed by atoms with Crippen molar-refractivity contribution in [1.82, 2.24) is 15.3 Å². The second-order valence-corrected chi connectivity index (χ2v) is 5.42. The van der Waals surface area contributed by atoms with Gasteiger partial charge in [0.25, 0.3) is 5.91 Å². The van der Waals surface area contributed by atoms with E-state index in [1.807, 2.05) is 18.2 Å². The van der Waals surface area contributed by atoms with Crippen molar-refractivity contribution in [3.63, 3.8) is 0 Å². The number of hydrogen-bond acceptors (Lipinski definition) is 4. The first-order valence-corrected chi connectivity index (χ1v) is 7.50. The highest BCUT2D eigenvalue weighted by Gasteiger charge is 2.12. The van der Waals surface area contributed by atoms with Gasteiger partial charge in [0, 0.05) is 18.1 Å². The summed E-state index contributed by atoms with van der Waals surface area (Å²) < 4.78 is 12.8. The predicted molar refractivity (Wildman–Crippen MR) is 82.9 cm³/mol. The standard InChI is InChI=1S/C16H12FN3OS/c17-12-6-4-11(5-7-12)9-19-15(21)14-10-22-16(20-14)13-3-1-2-8-18-13/h1-8,10H,9H2,(H,19,21). The van der Waals surface area contributed by atoms with Crippen LogP contribution < -0.4 is 5.32 Å². The lowest BCUT2D eigenvalue weighted by atomic mass is 10.2. The van der Waals surface area contributed by atoms with Gasteiger partial charge in [-0.25, -0.2) is 9.37 Å². The van der Waals surface area contributed by atoms with Crippen LogP contribution in [0.3, 0.4) is 0 Å². The second-order valence-electron chi connectivity index (χ2n) is 4.56. The molecule has 0 aliphatic rings. The van der Waals surface area contributed by atoms with Gasteiger partial charge in [0.1, 0.15) is 16.5 Å². The molecule has 2 heterocycles. The van der Waals surface area contributed by atoms with Gasteiger partial charge in [-0.3, -0.25) is 9.78 Å². The monoisotopic (exact) mass is 313 g/mol. The third-order valence-corrected chi connectivity index (χ3v) is 3.85. The molecule has 110 valence electrons. The minimum absolute atomic E-state index is 0.261. The first kappa shape index (κ1) is 14.3. The summed E-state index contributed by atoms with van der Waals surface area (Å²) in [5.41, 5.74) is 1.92. The van der Waals surface area contributed by atoms with E-state index < -0.39 is 0 Å². The molecule has 1 aromatic carbocycles. The molecular formula is C16H12FN3OS. The Labute approximate surface area is 130 Å². The minimum atomic E-state index is -0.297. The van der Waals surface area contributed by atoms with Crippen LogP contribution in [0.1, 0.15) is 16.1 Å². The van der Waals surface area contributed by atoms with Gasteiger partial charge in [-0.2, -0.15) is 0 Å². The number of halogens is 1. The van der Waals surface area contributed by atoms with E-state index in [4.69, 9.17) is 0 Å². The van der Waals surface area contributed by atoms with Gasteiger partial charge in [0.05, 0.1) is 5.69 Å². The highest BCUT2D eigenvalue weighted by Crippen LogP contribution is 2.21. The van der Waals surface area contributed by atoms with E-state index >= 15 is 0 Å². The Morgan fingerprint density at radius 2 is 2.00 bits per heavy atom. The maximum Gasteiger partial charge on any atom is 0.271 e. The van der Waals surface area contributed by atoms with E-state index in [-0.39, 0.29) is 11.7 Å². The fraction of sp³-hybridized carbons (Fsp3) is 0.0625. The number of pyridine rings is 1. The Morgan fingerprint density at radius 1 is 1.18 bits per heavy atom. The van der Waals surface area contributed by atoms with Crippen LogP contribution in [0.2, 0.25) is 0 Å². The molecule has 0 unspecified atom stereocenters.